The summed E-state index contributed by atoms with van der Waals surface area (Å²) in [4.78, 5) is 14.7. The van der Waals surface area contributed by atoms with Crippen LogP contribution < -0.4 is 4.72 Å². The SMILES string of the molecule is Cc1ccc(C(=O)N(Cc2ccc(C(F)(F)F)cc2)C2CC2)cc1NS(C)(=O)=O. The molecule has 9 heteroatoms. The Morgan fingerprint density at radius 1 is 1.14 bits per heavy atom. The fourth-order valence-corrected chi connectivity index (χ4v) is 3.60. The second-order valence-corrected chi connectivity index (χ2v) is 9.01. The van der Waals surface area contributed by atoms with Gasteiger partial charge in [-0.05, 0) is 55.2 Å². The minimum Gasteiger partial charge on any atom is -0.331 e. The number of amides is 1. The van der Waals surface area contributed by atoms with Gasteiger partial charge < -0.3 is 4.90 Å². The molecule has 156 valence electrons. The van der Waals surface area contributed by atoms with E-state index in [1.54, 1.807) is 24.0 Å². The van der Waals surface area contributed by atoms with Gasteiger partial charge in [0.2, 0.25) is 10.0 Å². The lowest BCUT2D eigenvalue weighted by Crippen LogP contribution is -2.32. The average Bonchev–Trinajstić information content (AvgIpc) is 3.44. The molecular weight excluding hydrogens is 405 g/mol. The van der Waals surface area contributed by atoms with Gasteiger partial charge in [-0.25, -0.2) is 8.42 Å². The maximum Gasteiger partial charge on any atom is 0.416 e. The van der Waals surface area contributed by atoms with Crippen molar-refractivity contribution < 1.29 is 26.4 Å². The maximum absolute atomic E-state index is 13.1. The molecule has 0 aliphatic heterocycles. The summed E-state index contributed by atoms with van der Waals surface area (Å²) < 4.78 is 63.7. The number of nitrogens with one attached hydrogen (secondary N) is 1. The minimum absolute atomic E-state index is 0.0254. The van der Waals surface area contributed by atoms with Crippen LogP contribution >= 0.6 is 0 Å². The molecule has 0 spiro atoms. The van der Waals surface area contributed by atoms with Crippen molar-refractivity contribution in [3.05, 3.63) is 64.7 Å². The van der Waals surface area contributed by atoms with Crippen LogP contribution in [0.25, 0.3) is 0 Å². The van der Waals surface area contributed by atoms with Crippen molar-refractivity contribution in [3.8, 4) is 0 Å². The number of carbonyl (C=O) groups excluding carboxylic acids is 1. The second-order valence-electron chi connectivity index (χ2n) is 7.26. The summed E-state index contributed by atoms with van der Waals surface area (Å²) in [6, 6.07) is 9.54. The molecule has 0 aromatic heterocycles. The Balaban J connectivity index is 1.83. The lowest BCUT2D eigenvalue weighted by molar-refractivity contribution is -0.137. The molecule has 0 unspecified atom stereocenters. The fourth-order valence-electron chi connectivity index (χ4n) is 2.98. The molecule has 1 N–H and O–H groups in total. The lowest BCUT2D eigenvalue weighted by atomic mass is 10.1. The molecule has 29 heavy (non-hydrogen) atoms. The zero-order valence-electron chi connectivity index (χ0n) is 16.0. The van der Waals surface area contributed by atoms with Crippen molar-refractivity contribution in [3.63, 3.8) is 0 Å². The van der Waals surface area contributed by atoms with Gasteiger partial charge in [-0.15, -0.1) is 0 Å². The summed E-state index contributed by atoms with van der Waals surface area (Å²) in [5, 5.41) is 0. The van der Waals surface area contributed by atoms with Crippen molar-refractivity contribution >= 4 is 21.6 Å². The number of carbonyl (C=O) groups is 1. The van der Waals surface area contributed by atoms with Crippen molar-refractivity contribution in [2.75, 3.05) is 11.0 Å². The molecule has 0 heterocycles. The van der Waals surface area contributed by atoms with Gasteiger partial charge in [-0.2, -0.15) is 13.2 Å². The van der Waals surface area contributed by atoms with Gasteiger partial charge in [-0.1, -0.05) is 18.2 Å². The second kappa shape index (κ2) is 7.70. The van der Waals surface area contributed by atoms with Crippen LogP contribution in [0.15, 0.2) is 42.5 Å². The van der Waals surface area contributed by atoms with Crippen LogP contribution in [0.3, 0.4) is 0 Å². The predicted molar refractivity (Wildman–Crippen MR) is 104 cm³/mol. The molecule has 0 atom stereocenters. The van der Waals surface area contributed by atoms with E-state index in [2.05, 4.69) is 4.72 Å². The van der Waals surface area contributed by atoms with E-state index in [1.165, 1.54) is 18.2 Å². The van der Waals surface area contributed by atoms with E-state index < -0.39 is 21.8 Å². The van der Waals surface area contributed by atoms with Gasteiger partial charge >= 0.3 is 6.18 Å². The number of benzene rings is 2. The van der Waals surface area contributed by atoms with E-state index in [9.17, 15) is 26.4 Å². The highest BCUT2D eigenvalue weighted by Gasteiger charge is 2.34. The molecule has 1 amide bonds. The quantitative estimate of drug-likeness (QED) is 0.753. The normalized spacial score (nSPS) is 14.5. The summed E-state index contributed by atoms with van der Waals surface area (Å²) in [6.07, 6.45) is -1.73. The number of rotatable bonds is 6. The van der Waals surface area contributed by atoms with Gasteiger partial charge in [0.1, 0.15) is 0 Å². The summed E-state index contributed by atoms with van der Waals surface area (Å²) >= 11 is 0. The van der Waals surface area contributed by atoms with Crippen LogP contribution in [-0.4, -0.2) is 31.5 Å². The minimum atomic E-state index is -4.41. The third-order valence-corrected chi connectivity index (χ3v) is 5.25. The highest BCUT2D eigenvalue weighted by molar-refractivity contribution is 7.92. The zero-order chi connectivity index (χ0) is 21.4. The molecule has 1 saturated carbocycles. The third-order valence-electron chi connectivity index (χ3n) is 4.66. The molecule has 0 saturated heterocycles. The lowest BCUT2D eigenvalue weighted by Gasteiger charge is -2.23. The van der Waals surface area contributed by atoms with E-state index in [-0.39, 0.29) is 18.5 Å². The molecule has 2 aromatic carbocycles. The number of halogens is 3. The Bertz CT molecular complexity index is 1010. The van der Waals surface area contributed by atoms with Crippen LogP contribution in [0.1, 0.15) is 39.9 Å². The van der Waals surface area contributed by atoms with Crippen LogP contribution in [-0.2, 0) is 22.7 Å². The highest BCUT2D eigenvalue weighted by atomic mass is 32.2. The van der Waals surface area contributed by atoms with Crippen molar-refractivity contribution in [1.82, 2.24) is 4.90 Å². The predicted octanol–water partition coefficient (Wildman–Crippen LogP) is 4.19. The molecule has 1 fully saturated rings. The summed E-state index contributed by atoms with van der Waals surface area (Å²) in [7, 11) is -3.50. The molecule has 3 rings (SSSR count). The van der Waals surface area contributed by atoms with E-state index in [1.807, 2.05) is 0 Å². The first-order chi connectivity index (χ1) is 13.4. The fraction of sp³-hybridized carbons (Fsp3) is 0.350. The van der Waals surface area contributed by atoms with E-state index in [0.717, 1.165) is 31.2 Å². The van der Waals surface area contributed by atoms with Gasteiger partial charge in [0, 0.05) is 18.2 Å². The van der Waals surface area contributed by atoms with Crippen molar-refractivity contribution in [2.24, 2.45) is 0 Å². The van der Waals surface area contributed by atoms with Crippen LogP contribution in [0.2, 0.25) is 0 Å². The smallest absolute Gasteiger partial charge is 0.331 e. The Kier molecular flexibility index (Phi) is 5.62. The maximum atomic E-state index is 13.1. The average molecular weight is 426 g/mol. The van der Waals surface area contributed by atoms with E-state index in [0.29, 0.717) is 22.4 Å². The number of sulfonamides is 1. The summed E-state index contributed by atoms with van der Waals surface area (Å²) in [6.45, 7) is 1.91. The third kappa shape index (κ3) is 5.50. The molecule has 5 nitrogen and oxygen atoms in total. The molecule has 0 bridgehead atoms. The Morgan fingerprint density at radius 3 is 2.28 bits per heavy atom. The molecular formula is C20H21F3N2O3S. The number of anilines is 1. The van der Waals surface area contributed by atoms with Gasteiger partial charge in [0.25, 0.3) is 5.91 Å². The van der Waals surface area contributed by atoms with E-state index in [4.69, 9.17) is 0 Å². The Hall–Kier alpha value is -2.55. The van der Waals surface area contributed by atoms with Gasteiger partial charge in [-0.3, -0.25) is 9.52 Å². The molecule has 2 aromatic rings. The summed E-state index contributed by atoms with van der Waals surface area (Å²) in [5.41, 5.74) is 1.18. The van der Waals surface area contributed by atoms with Crippen LogP contribution in [0.4, 0.5) is 18.9 Å². The number of nitrogens with zero attached hydrogens (tertiary/aromatic N) is 1. The first kappa shape index (κ1) is 21.2. The number of aryl methyl sites for hydroxylation is 1. The molecule has 1 aliphatic rings. The highest BCUT2D eigenvalue weighted by Crippen LogP contribution is 2.32. The largest absolute Gasteiger partial charge is 0.416 e. The standard InChI is InChI=1S/C20H21F3N2O3S/c1-13-3-6-15(11-18(13)24-29(2,27)28)19(26)25(17-9-10-17)12-14-4-7-16(8-5-14)20(21,22)23/h3-8,11,17,24H,9-10,12H2,1-2H3. The van der Waals surface area contributed by atoms with Crippen LogP contribution in [0, 0.1) is 6.92 Å². The van der Waals surface area contributed by atoms with Gasteiger partial charge in [0.05, 0.1) is 17.5 Å². The first-order valence-corrected chi connectivity index (χ1v) is 10.9. The van der Waals surface area contributed by atoms with Crippen LogP contribution in [0.5, 0.6) is 0 Å². The number of hydrogen-bond donors (Lipinski definition) is 1. The Labute approximate surface area is 167 Å². The van der Waals surface area contributed by atoms with Crippen molar-refractivity contribution in [1.29, 1.82) is 0 Å². The summed E-state index contributed by atoms with van der Waals surface area (Å²) in [5.74, 6) is -0.288. The number of hydrogen-bond acceptors (Lipinski definition) is 3. The Morgan fingerprint density at radius 2 is 1.76 bits per heavy atom. The molecule has 1 aliphatic carbocycles. The monoisotopic (exact) mass is 426 g/mol. The molecule has 0 radical (unpaired) electrons. The van der Waals surface area contributed by atoms with Crippen molar-refractivity contribution in [2.45, 2.75) is 38.5 Å². The van der Waals surface area contributed by atoms with Gasteiger partial charge in [0.15, 0.2) is 0 Å². The number of alkyl halides is 3. The zero-order valence-corrected chi connectivity index (χ0v) is 16.8. The van der Waals surface area contributed by atoms with E-state index >= 15 is 0 Å². The first-order valence-electron chi connectivity index (χ1n) is 8.99. The topological polar surface area (TPSA) is 66.5 Å².